The third-order valence-corrected chi connectivity index (χ3v) is 5.12. The van der Waals surface area contributed by atoms with Gasteiger partial charge < -0.3 is 19.8 Å². The van der Waals surface area contributed by atoms with Crippen LogP contribution in [0.1, 0.15) is 58.1 Å². The first-order valence-corrected chi connectivity index (χ1v) is 10.6. The van der Waals surface area contributed by atoms with Crippen molar-refractivity contribution in [2.24, 2.45) is 0 Å². The highest BCUT2D eigenvalue weighted by atomic mass is 16.5. The van der Waals surface area contributed by atoms with Gasteiger partial charge >= 0.3 is 0 Å². The average Bonchev–Trinajstić information content (AvgIpc) is 2.73. The lowest BCUT2D eigenvalue weighted by Gasteiger charge is -2.22. The van der Waals surface area contributed by atoms with Crippen LogP contribution in [0.15, 0.2) is 23.0 Å². The normalized spacial score (nSPS) is 14.5. The van der Waals surface area contributed by atoms with Gasteiger partial charge in [-0.2, -0.15) is 0 Å². The standard InChI is InChI=1S/C22H30N4O4/c1-14(2)30-18-11-9-15(13-19(18)29-3)21-24-22(28)17(25-26-21)10-12-20(27)23-16-7-5-4-6-8-16/h9,11,13-14,16H,4-8,10,12H2,1-3H3,(H,23,27)(H,24,26,28). The Labute approximate surface area is 176 Å². The quantitative estimate of drug-likeness (QED) is 0.688. The molecule has 1 amide bonds. The molecule has 2 aromatic rings. The van der Waals surface area contributed by atoms with E-state index in [1.165, 1.54) is 6.42 Å². The Hall–Kier alpha value is -2.90. The second-order valence-corrected chi connectivity index (χ2v) is 7.88. The van der Waals surface area contributed by atoms with Crippen molar-refractivity contribution in [1.29, 1.82) is 0 Å². The fourth-order valence-electron chi connectivity index (χ4n) is 3.60. The van der Waals surface area contributed by atoms with Gasteiger partial charge in [0.1, 0.15) is 5.69 Å². The van der Waals surface area contributed by atoms with Crippen LogP contribution >= 0.6 is 0 Å². The van der Waals surface area contributed by atoms with Gasteiger partial charge in [0.2, 0.25) is 5.91 Å². The minimum Gasteiger partial charge on any atom is -0.493 e. The number of nitrogens with zero attached hydrogens (tertiary/aromatic N) is 2. The molecule has 0 atom stereocenters. The Morgan fingerprint density at radius 1 is 1.20 bits per heavy atom. The van der Waals surface area contributed by atoms with Gasteiger partial charge in [0.15, 0.2) is 17.3 Å². The second kappa shape index (κ2) is 10.2. The van der Waals surface area contributed by atoms with Crippen LogP contribution in [0.5, 0.6) is 11.5 Å². The van der Waals surface area contributed by atoms with E-state index in [9.17, 15) is 9.59 Å². The number of aryl methyl sites for hydroxylation is 1. The zero-order valence-electron chi connectivity index (χ0n) is 17.9. The number of carbonyl (C=O) groups excluding carboxylic acids is 1. The Morgan fingerprint density at radius 2 is 1.97 bits per heavy atom. The fraction of sp³-hybridized carbons (Fsp3) is 0.545. The van der Waals surface area contributed by atoms with Crippen LogP contribution in [-0.2, 0) is 11.2 Å². The number of rotatable bonds is 8. The number of nitrogens with one attached hydrogen (secondary N) is 2. The lowest BCUT2D eigenvalue weighted by atomic mass is 9.95. The molecule has 1 fully saturated rings. The molecule has 8 nitrogen and oxygen atoms in total. The van der Waals surface area contributed by atoms with E-state index in [1.54, 1.807) is 25.3 Å². The maximum atomic E-state index is 12.4. The second-order valence-electron chi connectivity index (χ2n) is 7.88. The molecule has 1 saturated carbocycles. The van der Waals surface area contributed by atoms with Crippen LogP contribution < -0.4 is 20.3 Å². The fourth-order valence-corrected chi connectivity index (χ4v) is 3.60. The summed E-state index contributed by atoms with van der Waals surface area (Å²) in [5.41, 5.74) is 0.574. The van der Waals surface area contributed by atoms with Crippen molar-refractivity contribution in [3.8, 4) is 22.9 Å². The van der Waals surface area contributed by atoms with Crippen molar-refractivity contribution in [3.05, 3.63) is 34.2 Å². The summed E-state index contributed by atoms with van der Waals surface area (Å²) in [6.45, 7) is 3.87. The predicted octanol–water partition coefficient (Wildman–Crippen LogP) is 3.01. The summed E-state index contributed by atoms with van der Waals surface area (Å²) in [7, 11) is 1.56. The number of ether oxygens (including phenoxy) is 2. The van der Waals surface area contributed by atoms with E-state index < -0.39 is 0 Å². The van der Waals surface area contributed by atoms with Crippen LogP contribution in [0.3, 0.4) is 0 Å². The first-order chi connectivity index (χ1) is 14.5. The molecule has 3 rings (SSSR count). The molecule has 0 saturated heterocycles. The molecule has 0 bridgehead atoms. The smallest absolute Gasteiger partial charge is 0.273 e. The summed E-state index contributed by atoms with van der Waals surface area (Å²) in [6, 6.07) is 5.57. The number of methoxy groups -OCH3 is 1. The van der Waals surface area contributed by atoms with Gasteiger partial charge in [0, 0.05) is 24.4 Å². The molecule has 1 aromatic carbocycles. The molecule has 2 N–H and O–H groups in total. The van der Waals surface area contributed by atoms with Crippen LogP contribution in [0, 0.1) is 0 Å². The number of aromatic amines is 1. The minimum atomic E-state index is -0.341. The summed E-state index contributed by atoms with van der Waals surface area (Å²) in [6.07, 6.45) is 6.12. The maximum absolute atomic E-state index is 12.4. The average molecular weight is 415 g/mol. The van der Waals surface area contributed by atoms with Gasteiger partial charge in [-0.1, -0.05) is 19.3 Å². The molecule has 30 heavy (non-hydrogen) atoms. The molecule has 0 aliphatic heterocycles. The van der Waals surface area contributed by atoms with E-state index in [2.05, 4.69) is 20.5 Å². The number of benzene rings is 1. The van der Waals surface area contributed by atoms with E-state index in [0.29, 0.717) is 22.9 Å². The number of aromatic nitrogens is 3. The Morgan fingerprint density at radius 3 is 2.63 bits per heavy atom. The molecule has 162 valence electrons. The summed E-state index contributed by atoms with van der Waals surface area (Å²) in [5, 5.41) is 11.2. The van der Waals surface area contributed by atoms with Gasteiger partial charge in [-0.05, 0) is 44.9 Å². The van der Waals surface area contributed by atoms with Gasteiger partial charge in [-0.15, -0.1) is 10.2 Å². The Balaban J connectivity index is 1.64. The summed E-state index contributed by atoms with van der Waals surface area (Å²) >= 11 is 0. The molecule has 0 radical (unpaired) electrons. The summed E-state index contributed by atoms with van der Waals surface area (Å²) in [5.74, 6) is 1.46. The number of hydrogen-bond acceptors (Lipinski definition) is 6. The molecule has 8 heteroatoms. The molecule has 1 heterocycles. The van der Waals surface area contributed by atoms with E-state index >= 15 is 0 Å². The molecule has 0 unspecified atom stereocenters. The Bertz CT molecular complexity index is 920. The van der Waals surface area contributed by atoms with Gasteiger partial charge in [0.05, 0.1) is 13.2 Å². The van der Waals surface area contributed by atoms with Crippen molar-refractivity contribution in [2.75, 3.05) is 7.11 Å². The van der Waals surface area contributed by atoms with Crippen molar-refractivity contribution in [1.82, 2.24) is 20.5 Å². The first kappa shape index (κ1) is 21.8. The van der Waals surface area contributed by atoms with Gasteiger partial charge in [0.25, 0.3) is 5.56 Å². The molecule has 1 aliphatic rings. The largest absolute Gasteiger partial charge is 0.493 e. The highest BCUT2D eigenvalue weighted by Gasteiger charge is 2.17. The van der Waals surface area contributed by atoms with Crippen molar-refractivity contribution in [2.45, 2.75) is 70.9 Å². The zero-order valence-corrected chi connectivity index (χ0v) is 17.9. The number of amides is 1. The monoisotopic (exact) mass is 414 g/mol. The summed E-state index contributed by atoms with van der Waals surface area (Å²) < 4.78 is 11.1. The molecular formula is C22H30N4O4. The van der Waals surface area contributed by atoms with Crippen molar-refractivity contribution < 1.29 is 14.3 Å². The predicted molar refractivity (Wildman–Crippen MR) is 114 cm³/mol. The lowest BCUT2D eigenvalue weighted by Crippen LogP contribution is -2.36. The van der Waals surface area contributed by atoms with E-state index in [4.69, 9.17) is 9.47 Å². The number of hydrogen-bond donors (Lipinski definition) is 2. The first-order valence-electron chi connectivity index (χ1n) is 10.6. The Kier molecular flexibility index (Phi) is 7.43. The topological polar surface area (TPSA) is 106 Å². The van der Waals surface area contributed by atoms with Crippen LogP contribution in [0.2, 0.25) is 0 Å². The van der Waals surface area contributed by atoms with Crippen molar-refractivity contribution >= 4 is 5.91 Å². The van der Waals surface area contributed by atoms with E-state index in [1.807, 2.05) is 13.8 Å². The molecular weight excluding hydrogens is 384 g/mol. The highest BCUT2D eigenvalue weighted by molar-refractivity contribution is 5.76. The third-order valence-electron chi connectivity index (χ3n) is 5.12. The lowest BCUT2D eigenvalue weighted by molar-refractivity contribution is -0.122. The van der Waals surface area contributed by atoms with E-state index in [0.717, 1.165) is 25.7 Å². The van der Waals surface area contributed by atoms with Crippen LogP contribution in [0.25, 0.3) is 11.4 Å². The molecule has 1 aliphatic carbocycles. The highest BCUT2D eigenvalue weighted by Crippen LogP contribution is 2.31. The molecule has 1 aromatic heterocycles. The van der Waals surface area contributed by atoms with Gasteiger partial charge in [-0.25, -0.2) is 0 Å². The SMILES string of the molecule is COc1cc(-c2nnc(CCC(=O)NC3CCCCC3)c(=O)[nH]2)ccc1OC(C)C. The van der Waals surface area contributed by atoms with Crippen LogP contribution in [-0.4, -0.2) is 40.3 Å². The minimum absolute atomic E-state index is 0.0129. The van der Waals surface area contributed by atoms with Crippen molar-refractivity contribution in [3.63, 3.8) is 0 Å². The van der Waals surface area contributed by atoms with Crippen LogP contribution in [0.4, 0.5) is 0 Å². The molecule has 0 spiro atoms. The third kappa shape index (κ3) is 5.81. The maximum Gasteiger partial charge on any atom is 0.273 e. The summed E-state index contributed by atoms with van der Waals surface area (Å²) in [4.78, 5) is 27.4. The number of H-pyrrole nitrogens is 1. The van der Waals surface area contributed by atoms with Gasteiger partial charge in [-0.3, -0.25) is 9.59 Å². The van der Waals surface area contributed by atoms with E-state index in [-0.39, 0.29) is 42.1 Å². The number of carbonyl (C=O) groups is 1. The zero-order chi connectivity index (χ0) is 21.5.